The minimum atomic E-state index is -0.189. The molecule has 3 aromatic carbocycles. The molecule has 0 bridgehead atoms. The number of halogens is 1. The highest BCUT2D eigenvalue weighted by molar-refractivity contribution is 7.99. The van der Waals surface area contributed by atoms with Crippen LogP contribution in [-0.2, 0) is 11.2 Å². The SMILES string of the molecule is CCc1ccc(NC(=O)CSc2nc3ccccc3c(=O)n2-c2ccc(Cl)cc2)cc1. The molecule has 0 unspecified atom stereocenters. The number of amides is 1. The molecule has 156 valence electrons. The van der Waals surface area contributed by atoms with Gasteiger partial charge in [0.1, 0.15) is 0 Å². The normalized spacial score (nSPS) is 10.9. The maximum atomic E-state index is 13.2. The van der Waals surface area contributed by atoms with Crippen LogP contribution in [0.25, 0.3) is 16.6 Å². The zero-order valence-electron chi connectivity index (χ0n) is 16.8. The van der Waals surface area contributed by atoms with Gasteiger partial charge in [0.15, 0.2) is 5.16 Å². The predicted octanol–water partition coefficient (Wildman–Crippen LogP) is 5.33. The van der Waals surface area contributed by atoms with Gasteiger partial charge in [-0.05, 0) is 60.5 Å². The number of carbonyl (C=O) groups excluding carboxylic acids is 1. The minimum absolute atomic E-state index is 0.119. The summed E-state index contributed by atoms with van der Waals surface area (Å²) < 4.78 is 1.52. The standard InChI is InChI=1S/C24H20ClN3O2S/c1-2-16-7-11-18(12-8-16)26-22(29)15-31-24-27-21-6-4-3-5-20(21)23(30)28(24)19-13-9-17(25)10-14-19/h3-14H,2,15H2,1H3,(H,26,29). The van der Waals surface area contributed by atoms with Crippen LogP contribution in [0, 0.1) is 0 Å². The molecule has 4 rings (SSSR count). The van der Waals surface area contributed by atoms with Crippen LogP contribution >= 0.6 is 23.4 Å². The maximum Gasteiger partial charge on any atom is 0.266 e. The zero-order valence-corrected chi connectivity index (χ0v) is 18.4. The summed E-state index contributed by atoms with van der Waals surface area (Å²) >= 11 is 7.23. The van der Waals surface area contributed by atoms with Crippen molar-refractivity contribution in [2.24, 2.45) is 0 Å². The fourth-order valence-corrected chi connectivity index (χ4v) is 4.12. The molecule has 0 fully saturated rings. The summed E-state index contributed by atoms with van der Waals surface area (Å²) in [5, 5.41) is 4.43. The van der Waals surface area contributed by atoms with E-state index in [1.165, 1.54) is 21.9 Å². The van der Waals surface area contributed by atoms with Gasteiger partial charge in [-0.1, -0.05) is 54.6 Å². The molecule has 31 heavy (non-hydrogen) atoms. The van der Waals surface area contributed by atoms with Crippen molar-refractivity contribution in [2.45, 2.75) is 18.5 Å². The Balaban J connectivity index is 1.62. The lowest BCUT2D eigenvalue weighted by molar-refractivity contribution is -0.113. The average Bonchev–Trinajstić information content (AvgIpc) is 2.79. The molecule has 1 amide bonds. The maximum absolute atomic E-state index is 13.2. The third-order valence-electron chi connectivity index (χ3n) is 4.81. The summed E-state index contributed by atoms with van der Waals surface area (Å²) in [5.74, 6) is -0.0484. The van der Waals surface area contributed by atoms with Crippen LogP contribution in [0.5, 0.6) is 0 Å². The summed E-state index contributed by atoms with van der Waals surface area (Å²) in [4.78, 5) is 30.4. The quantitative estimate of drug-likeness (QED) is 0.319. The smallest absolute Gasteiger partial charge is 0.266 e. The van der Waals surface area contributed by atoms with Gasteiger partial charge in [-0.15, -0.1) is 0 Å². The van der Waals surface area contributed by atoms with Crippen molar-refractivity contribution in [3.63, 3.8) is 0 Å². The number of hydrogen-bond donors (Lipinski definition) is 1. The van der Waals surface area contributed by atoms with E-state index in [0.29, 0.717) is 26.8 Å². The highest BCUT2D eigenvalue weighted by atomic mass is 35.5. The van der Waals surface area contributed by atoms with Gasteiger partial charge in [-0.25, -0.2) is 4.98 Å². The molecule has 0 aliphatic heterocycles. The van der Waals surface area contributed by atoms with Crippen molar-refractivity contribution in [2.75, 3.05) is 11.1 Å². The first-order chi connectivity index (χ1) is 15.0. The number of para-hydroxylation sites is 1. The molecule has 4 aromatic rings. The molecule has 0 spiro atoms. The molecule has 7 heteroatoms. The van der Waals surface area contributed by atoms with Crippen molar-refractivity contribution >= 4 is 45.9 Å². The first kappa shape index (κ1) is 21.2. The van der Waals surface area contributed by atoms with Crippen molar-refractivity contribution in [3.05, 3.63) is 93.7 Å². The number of fused-ring (bicyclic) bond motifs is 1. The van der Waals surface area contributed by atoms with Gasteiger partial charge in [0, 0.05) is 10.7 Å². The molecule has 0 atom stereocenters. The Morgan fingerprint density at radius 1 is 1.03 bits per heavy atom. The Kier molecular flexibility index (Phi) is 6.39. The fourth-order valence-electron chi connectivity index (χ4n) is 3.18. The first-order valence-electron chi connectivity index (χ1n) is 9.84. The average molecular weight is 450 g/mol. The van der Waals surface area contributed by atoms with Gasteiger partial charge in [0.25, 0.3) is 5.56 Å². The molecular formula is C24H20ClN3O2S. The van der Waals surface area contributed by atoms with Crippen molar-refractivity contribution in [1.82, 2.24) is 9.55 Å². The lowest BCUT2D eigenvalue weighted by Gasteiger charge is -2.13. The van der Waals surface area contributed by atoms with E-state index in [1.54, 1.807) is 36.4 Å². The number of aromatic nitrogens is 2. The van der Waals surface area contributed by atoms with Gasteiger partial charge < -0.3 is 5.32 Å². The number of hydrogen-bond acceptors (Lipinski definition) is 4. The number of benzene rings is 3. The van der Waals surface area contributed by atoms with Crippen LogP contribution in [0.3, 0.4) is 0 Å². The number of nitrogens with one attached hydrogen (secondary N) is 1. The Labute approximate surface area is 189 Å². The third-order valence-corrected chi connectivity index (χ3v) is 6.00. The molecule has 5 nitrogen and oxygen atoms in total. The number of anilines is 1. The fraction of sp³-hybridized carbons (Fsp3) is 0.125. The van der Waals surface area contributed by atoms with Gasteiger partial charge in [0.2, 0.25) is 5.91 Å². The Bertz CT molecular complexity index is 1290. The highest BCUT2D eigenvalue weighted by Crippen LogP contribution is 2.23. The predicted molar refractivity (Wildman–Crippen MR) is 128 cm³/mol. The summed E-state index contributed by atoms with van der Waals surface area (Å²) in [6.45, 7) is 2.08. The zero-order chi connectivity index (χ0) is 21.8. The molecule has 1 heterocycles. The van der Waals surface area contributed by atoms with Crippen LogP contribution in [0.2, 0.25) is 5.02 Å². The van der Waals surface area contributed by atoms with E-state index in [9.17, 15) is 9.59 Å². The summed E-state index contributed by atoms with van der Waals surface area (Å²) in [6.07, 6.45) is 0.944. The molecule has 0 aliphatic rings. The second kappa shape index (κ2) is 9.37. The molecule has 1 aromatic heterocycles. The van der Waals surface area contributed by atoms with E-state index < -0.39 is 0 Å². The van der Waals surface area contributed by atoms with Crippen LogP contribution in [0.15, 0.2) is 82.7 Å². The molecule has 0 radical (unpaired) electrons. The van der Waals surface area contributed by atoms with E-state index in [1.807, 2.05) is 36.4 Å². The second-order valence-corrected chi connectivity index (χ2v) is 8.29. The number of thioether (sulfide) groups is 1. The molecular weight excluding hydrogens is 430 g/mol. The van der Waals surface area contributed by atoms with Crippen LogP contribution < -0.4 is 10.9 Å². The van der Waals surface area contributed by atoms with E-state index in [-0.39, 0.29) is 17.2 Å². The van der Waals surface area contributed by atoms with Crippen molar-refractivity contribution in [3.8, 4) is 5.69 Å². The van der Waals surface area contributed by atoms with Gasteiger partial charge >= 0.3 is 0 Å². The topological polar surface area (TPSA) is 64.0 Å². The molecule has 0 saturated carbocycles. The Morgan fingerprint density at radius 3 is 2.45 bits per heavy atom. The molecule has 1 N–H and O–H groups in total. The lowest BCUT2D eigenvalue weighted by Crippen LogP contribution is -2.23. The number of carbonyl (C=O) groups is 1. The van der Waals surface area contributed by atoms with Gasteiger partial charge in [-0.2, -0.15) is 0 Å². The summed E-state index contributed by atoms with van der Waals surface area (Å²) in [7, 11) is 0. The molecule has 0 saturated heterocycles. The Hall–Kier alpha value is -3.09. The highest BCUT2D eigenvalue weighted by Gasteiger charge is 2.15. The van der Waals surface area contributed by atoms with E-state index >= 15 is 0 Å². The van der Waals surface area contributed by atoms with E-state index in [4.69, 9.17) is 11.6 Å². The van der Waals surface area contributed by atoms with Crippen molar-refractivity contribution in [1.29, 1.82) is 0 Å². The van der Waals surface area contributed by atoms with Crippen LogP contribution in [-0.4, -0.2) is 21.2 Å². The van der Waals surface area contributed by atoms with Gasteiger partial charge in [-0.3, -0.25) is 14.2 Å². The summed E-state index contributed by atoms with van der Waals surface area (Å²) in [5.41, 5.74) is 3.00. The van der Waals surface area contributed by atoms with E-state index in [2.05, 4.69) is 17.2 Å². The number of nitrogens with zero attached hydrogens (tertiary/aromatic N) is 2. The number of aryl methyl sites for hydroxylation is 1. The largest absolute Gasteiger partial charge is 0.325 e. The monoisotopic (exact) mass is 449 g/mol. The number of rotatable bonds is 6. The molecule has 0 aliphatic carbocycles. The third kappa shape index (κ3) is 4.81. The first-order valence-corrected chi connectivity index (χ1v) is 11.2. The van der Waals surface area contributed by atoms with Crippen molar-refractivity contribution < 1.29 is 4.79 Å². The Morgan fingerprint density at radius 2 is 1.74 bits per heavy atom. The van der Waals surface area contributed by atoms with E-state index in [0.717, 1.165) is 12.1 Å². The van der Waals surface area contributed by atoms with Crippen LogP contribution in [0.1, 0.15) is 12.5 Å². The minimum Gasteiger partial charge on any atom is -0.325 e. The summed E-state index contributed by atoms with van der Waals surface area (Å²) in [6, 6.07) is 21.9. The van der Waals surface area contributed by atoms with Gasteiger partial charge in [0.05, 0.1) is 22.3 Å². The van der Waals surface area contributed by atoms with Crippen LogP contribution in [0.4, 0.5) is 5.69 Å². The second-order valence-electron chi connectivity index (χ2n) is 6.92. The lowest BCUT2D eigenvalue weighted by atomic mass is 10.1.